The molecule has 0 atom stereocenters. The monoisotopic (exact) mass is 447 g/mol. The second-order valence-electron chi connectivity index (χ2n) is 6.81. The highest BCUT2D eigenvalue weighted by Crippen LogP contribution is 2.11. The van der Waals surface area contributed by atoms with Crippen molar-refractivity contribution < 1.29 is 26.6 Å². The Morgan fingerprint density at radius 3 is 2.16 bits per heavy atom. The molecule has 164 valence electrons. The summed E-state index contributed by atoms with van der Waals surface area (Å²) in [5, 5.41) is 0. The number of hydrogen-bond donors (Lipinski definition) is 0. The van der Waals surface area contributed by atoms with Crippen LogP contribution in [-0.4, -0.2) is 26.0 Å². The third-order valence-corrected chi connectivity index (χ3v) is 4.85. The number of pyridine rings is 1. The molecule has 0 N–H and O–H groups in total. The smallest absolute Gasteiger partial charge is 0.286 e. The van der Waals surface area contributed by atoms with Crippen molar-refractivity contribution in [3.63, 3.8) is 0 Å². The summed E-state index contributed by atoms with van der Waals surface area (Å²) in [6, 6.07) is 16.2. The average Bonchev–Trinajstić information content (AvgIpc) is 2.73. The van der Waals surface area contributed by atoms with Crippen molar-refractivity contribution in [1.29, 1.82) is 0 Å². The summed E-state index contributed by atoms with van der Waals surface area (Å²) in [5.41, 5.74) is 2.17. The van der Waals surface area contributed by atoms with Gasteiger partial charge in [-0.1, -0.05) is 36.4 Å². The summed E-state index contributed by atoms with van der Waals surface area (Å²) < 4.78 is 46.3. The number of benzene rings is 2. The second kappa shape index (κ2) is 10.2. The summed E-state index contributed by atoms with van der Waals surface area (Å²) in [6.45, 7) is 0.474. The van der Waals surface area contributed by atoms with E-state index >= 15 is 0 Å². The summed E-state index contributed by atoms with van der Waals surface area (Å²) in [5.74, 6) is 0.0638. The van der Waals surface area contributed by atoms with Crippen molar-refractivity contribution in [2.45, 2.75) is 19.6 Å². The van der Waals surface area contributed by atoms with Gasteiger partial charge in [-0.05, 0) is 35.2 Å². The molecular weight excluding hydrogens is 425 g/mol. The molecule has 1 heterocycles. The first-order chi connectivity index (χ1) is 14.8. The first-order valence-corrected chi connectivity index (χ1v) is 11.3. The van der Waals surface area contributed by atoms with E-state index in [0.717, 1.165) is 27.7 Å². The van der Waals surface area contributed by atoms with Gasteiger partial charge in [-0.2, -0.15) is 13.1 Å². The maximum Gasteiger partial charge on any atom is 0.286 e. The lowest BCUT2D eigenvalue weighted by Gasteiger charge is -2.11. The van der Waals surface area contributed by atoms with Crippen molar-refractivity contribution >= 4 is 10.1 Å². The zero-order valence-electron chi connectivity index (χ0n) is 16.9. The summed E-state index contributed by atoms with van der Waals surface area (Å²) in [7, 11) is -3.44. The molecule has 9 heteroatoms. The standard InChI is InChI=1S/C22H22FNO6S/c1-31(26,27)30-13-11-17-2-4-19(5-3-17)16-29-24-12-10-21(14-22(24)25)28-15-18-6-8-20(23)9-7-18/h2-10,12,14H,11,13,15-16H2,1H3. The van der Waals surface area contributed by atoms with E-state index < -0.39 is 10.1 Å². The van der Waals surface area contributed by atoms with Crippen LogP contribution in [0.3, 0.4) is 0 Å². The first kappa shape index (κ1) is 22.5. The molecule has 7 nitrogen and oxygen atoms in total. The van der Waals surface area contributed by atoms with Crippen LogP contribution in [-0.2, 0) is 33.9 Å². The van der Waals surface area contributed by atoms with Gasteiger partial charge in [0.05, 0.1) is 19.1 Å². The summed E-state index contributed by atoms with van der Waals surface area (Å²) in [6.07, 6.45) is 2.95. The molecule has 0 unspecified atom stereocenters. The molecule has 31 heavy (non-hydrogen) atoms. The summed E-state index contributed by atoms with van der Waals surface area (Å²) >= 11 is 0. The van der Waals surface area contributed by atoms with Crippen molar-refractivity contribution in [1.82, 2.24) is 4.73 Å². The van der Waals surface area contributed by atoms with Gasteiger partial charge in [-0.3, -0.25) is 8.98 Å². The van der Waals surface area contributed by atoms with Gasteiger partial charge in [-0.25, -0.2) is 4.39 Å². The molecule has 0 saturated carbocycles. The minimum atomic E-state index is -3.44. The molecule has 0 amide bonds. The van der Waals surface area contributed by atoms with Crippen LogP contribution in [0.1, 0.15) is 16.7 Å². The van der Waals surface area contributed by atoms with Crippen LogP contribution in [0.2, 0.25) is 0 Å². The van der Waals surface area contributed by atoms with E-state index in [1.165, 1.54) is 24.4 Å². The van der Waals surface area contributed by atoms with Gasteiger partial charge >= 0.3 is 0 Å². The lowest BCUT2D eigenvalue weighted by atomic mass is 10.1. The Balaban J connectivity index is 1.50. The topological polar surface area (TPSA) is 83.8 Å². The van der Waals surface area contributed by atoms with Crippen molar-refractivity contribution in [2.24, 2.45) is 0 Å². The van der Waals surface area contributed by atoms with Gasteiger partial charge < -0.3 is 9.57 Å². The predicted octanol–water partition coefficient (Wildman–Crippen LogP) is 2.71. The van der Waals surface area contributed by atoms with Crippen LogP contribution >= 0.6 is 0 Å². The van der Waals surface area contributed by atoms with Gasteiger partial charge in [0.1, 0.15) is 24.8 Å². The molecule has 2 aromatic carbocycles. The zero-order chi connectivity index (χ0) is 22.3. The van der Waals surface area contributed by atoms with Crippen molar-refractivity contribution in [3.05, 3.63) is 99.7 Å². The summed E-state index contributed by atoms with van der Waals surface area (Å²) in [4.78, 5) is 17.7. The van der Waals surface area contributed by atoms with E-state index in [1.54, 1.807) is 18.2 Å². The quantitative estimate of drug-likeness (QED) is 0.445. The van der Waals surface area contributed by atoms with E-state index in [4.69, 9.17) is 13.8 Å². The third-order valence-electron chi connectivity index (χ3n) is 4.26. The van der Waals surface area contributed by atoms with Crippen molar-refractivity contribution in [2.75, 3.05) is 12.9 Å². The van der Waals surface area contributed by atoms with E-state index in [1.807, 2.05) is 24.3 Å². The zero-order valence-corrected chi connectivity index (χ0v) is 17.7. The fourth-order valence-electron chi connectivity index (χ4n) is 2.65. The van der Waals surface area contributed by atoms with Gasteiger partial charge in [0, 0.05) is 12.1 Å². The lowest BCUT2D eigenvalue weighted by Crippen LogP contribution is -2.25. The molecule has 0 spiro atoms. The number of halogens is 1. The number of ether oxygens (including phenoxy) is 1. The lowest BCUT2D eigenvalue weighted by molar-refractivity contribution is 0.0884. The van der Waals surface area contributed by atoms with E-state index in [2.05, 4.69) is 0 Å². The van der Waals surface area contributed by atoms with Gasteiger partial charge in [0.15, 0.2) is 0 Å². The normalized spacial score (nSPS) is 11.3. The third kappa shape index (κ3) is 7.54. The maximum absolute atomic E-state index is 12.9. The minimum absolute atomic E-state index is 0.0830. The van der Waals surface area contributed by atoms with Gasteiger partial charge in [-0.15, -0.1) is 0 Å². The molecular formula is C22H22FNO6S. The van der Waals surface area contributed by atoms with Gasteiger partial charge in [0.25, 0.3) is 15.7 Å². The molecule has 0 aliphatic carbocycles. The largest absolute Gasteiger partial charge is 0.489 e. The van der Waals surface area contributed by atoms with Crippen LogP contribution in [0, 0.1) is 5.82 Å². The van der Waals surface area contributed by atoms with Gasteiger partial charge in [0.2, 0.25) is 0 Å². The Bertz CT molecular complexity index is 1160. The highest BCUT2D eigenvalue weighted by molar-refractivity contribution is 7.85. The molecule has 0 aliphatic rings. The van der Waals surface area contributed by atoms with Crippen LogP contribution in [0.15, 0.2) is 71.7 Å². The molecule has 0 radical (unpaired) electrons. The first-order valence-electron chi connectivity index (χ1n) is 9.44. The number of hydrogen-bond acceptors (Lipinski definition) is 6. The molecule has 0 fully saturated rings. The Morgan fingerprint density at radius 2 is 1.52 bits per heavy atom. The second-order valence-corrected chi connectivity index (χ2v) is 8.45. The number of rotatable bonds is 10. The number of aromatic nitrogens is 1. The van der Waals surface area contributed by atoms with Crippen LogP contribution in [0.25, 0.3) is 0 Å². The molecule has 0 bridgehead atoms. The number of nitrogens with zero attached hydrogens (tertiary/aromatic N) is 1. The van der Waals surface area contributed by atoms with E-state index in [9.17, 15) is 17.6 Å². The van der Waals surface area contributed by atoms with Crippen LogP contribution in [0.4, 0.5) is 4.39 Å². The Kier molecular flexibility index (Phi) is 7.43. The van der Waals surface area contributed by atoms with Crippen molar-refractivity contribution in [3.8, 4) is 5.75 Å². The molecule has 3 rings (SSSR count). The fraction of sp³-hybridized carbons (Fsp3) is 0.227. The molecule has 3 aromatic rings. The Morgan fingerprint density at radius 1 is 0.903 bits per heavy atom. The highest BCUT2D eigenvalue weighted by Gasteiger charge is 2.04. The molecule has 1 aromatic heterocycles. The molecule has 0 aliphatic heterocycles. The Labute approximate surface area is 179 Å². The predicted molar refractivity (Wildman–Crippen MR) is 113 cm³/mol. The van der Waals surface area contributed by atoms with Crippen LogP contribution < -0.4 is 15.1 Å². The Hall–Kier alpha value is -3.17. The SMILES string of the molecule is CS(=O)(=O)OCCc1ccc(COn2ccc(OCc3ccc(F)cc3)cc2=O)cc1. The van der Waals surface area contributed by atoms with E-state index in [0.29, 0.717) is 12.2 Å². The molecule has 0 saturated heterocycles. The maximum atomic E-state index is 12.9. The average molecular weight is 447 g/mol. The highest BCUT2D eigenvalue weighted by atomic mass is 32.2. The van der Waals surface area contributed by atoms with Crippen LogP contribution in [0.5, 0.6) is 5.75 Å². The fourth-order valence-corrected chi connectivity index (χ4v) is 3.03. The minimum Gasteiger partial charge on any atom is -0.489 e. The van der Waals surface area contributed by atoms with E-state index in [-0.39, 0.29) is 31.2 Å².